The molecule has 11 heavy (non-hydrogen) atoms. The van der Waals surface area contributed by atoms with Gasteiger partial charge in [-0.25, -0.2) is 0 Å². The van der Waals surface area contributed by atoms with Crippen LogP contribution in [0, 0.1) is 0 Å². The maximum absolute atomic E-state index is 5.43. The predicted octanol–water partition coefficient (Wildman–Crippen LogP) is -0.916. The second kappa shape index (κ2) is 7.76. The summed E-state index contributed by atoms with van der Waals surface area (Å²) < 4.78 is 0. The van der Waals surface area contributed by atoms with Crippen molar-refractivity contribution < 1.29 is 0 Å². The first kappa shape index (κ1) is 10.7. The molecular formula is C7H18BN3. The molecule has 0 heterocycles. The van der Waals surface area contributed by atoms with Gasteiger partial charge >= 0.3 is 68.6 Å². The average molecular weight is 155 g/mol. The molecule has 0 rings (SSSR count). The topological polar surface area (TPSA) is 64.1 Å². The van der Waals surface area contributed by atoms with Crippen LogP contribution in [0.2, 0.25) is 0 Å². The molecule has 0 spiro atoms. The summed E-state index contributed by atoms with van der Waals surface area (Å²) in [4.78, 5) is 0. The molecule has 0 saturated carbocycles. The molecule has 4 heteroatoms. The molecule has 0 aliphatic carbocycles. The molecule has 0 aromatic heterocycles. The molecule has 0 radical (unpaired) electrons. The van der Waals surface area contributed by atoms with Crippen molar-refractivity contribution in [3.63, 3.8) is 0 Å². The van der Waals surface area contributed by atoms with Gasteiger partial charge in [-0.3, -0.25) is 0 Å². The van der Waals surface area contributed by atoms with Crippen LogP contribution in [0.1, 0.15) is 19.3 Å². The molecule has 0 saturated heterocycles. The summed E-state index contributed by atoms with van der Waals surface area (Å²) >= 11 is 0. The summed E-state index contributed by atoms with van der Waals surface area (Å²) in [6, 6.07) is 0.459. The number of nitrogens with one attached hydrogen (secondary N) is 1. The van der Waals surface area contributed by atoms with Gasteiger partial charge in [-0.15, -0.1) is 0 Å². The van der Waals surface area contributed by atoms with E-state index in [1.807, 2.05) is 0 Å². The predicted molar refractivity (Wildman–Crippen MR) is 51.8 cm³/mol. The van der Waals surface area contributed by atoms with Crippen LogP contribution >= 0.6 is 0 Å². The van der Waals surface area contributed by atoms with E-state index in [9.17, 15) is 0 Å². The summed E-state index contributed by atoms with van der Waals surface area (Å²) in [6.07, 6.45) is 3.12. The van der Waals surface area contributed by atoms with Gasteiger partial charge in [0.15, 0.2) is 0 Å². The summed E-state index contributed by atoms with van der Waals surface area (Å²) in [7, 11) is 1.72. The van der Waals surface area contributed by atoms with Crippen molar-refractivity contribution in [2.24, 2.45) is 11.5 Å². The van der Waals surface area contributed by atoms with Gasteiger partial charge in [0.05, 0.1) is 0 Å². The van der Waals surface area contributed by atoms with E-state index in [-0.39, 0.29) is 0 Å². The molecule has 0 amide bonds. The van der Waals surface area contributed by atoms with Crippen LogP contribution in [0.25, 0.3) is 0 Å². The van der Waals surface area contributed by atoms with Crippen LogP contribution in [-0.4, -0.2) is 32.7 Å². The molecule has 0 aromatic carbocycles. The van der Waals surface area contributed by atoms with Crippen molar-refractivity contribution in [2.75, 3.05) is 13.1 Å². The Kier molecular flexibility index (Phi) is 7.52. The van der Waals surface area contributed by atoms with Gasteiger partial charge in [0.1, 0.15) is 0 Å². The Labute approximate surface area is 69.5 Å². The fourth-order valence-electron chi connectivity index (χ4n) is 1.04. The quantitative estimate of drug-likeness (QED) is 0.417. The Bertz CT molecular complexity index is 97.7. The van der Waals surface area contributed by atoms with Crippen molar-refractivity contribution in [2.45, 2.75) is 25.3 Å². The number of nitrogens with two attached hydrogens (primary N) is 2. The second-order valence-electron chi connectivity index (χ2n) is 2.58. The summed E-state index contributed by atoms with van der Waals surface area (Å²) in [5, 5.41) is 3.15. The fraction of sp³-hybridized carbons (Fsp3) is 0.857. The zero-order valence-electron chi connectivity index (χ0n) is 7.05. The average Bonchev–Trinajstić information content (AvgIpc) is 2.01. The van der Waals surface area contributed by atoms with Crippen LogP contribution < -0.4 is 16.7 Å². The van der Waals surface area contributed by atoms with Gasteiger partial charge in [-0.2, -0.15) is 0 Å². The zero-order valence-corrected chi connectivity index (χ0v) is 7.05. The van der Waals surface area contributed by atoms with E-state index in [1.165, 1.54) is 0 Å². The monoisotopic (exact) mass is 155 g/mol. The van der Waals surface area contributed by atoms with E-state index < -0.39 is 0 Å². The normalized spacial score (nSPS) is 12.2. The van der Waals surface area contributed by atoms with Crippen molar-refractivity contribution >= 4 is 13.5 Å². The van der Waals surface area contributed by atoms with Crippen LogP contribution in [0.5, 0.6) is 0 Å². The van der Waals surface area contributed by atoms with Gasteiger partial charge in [0, 0.05) is 0 Å². The Hall–Kier alpha value is -0.345. The van der Waals surface area contributed by atoms with Crippen LogP contribution in [0.15, 0.2) is 0 Å². The van der Waals surface area contributed by atoms with Gasteiger partial charge in [0.2, 0.25) is 0 Å². The molecule has 0 bridgehead atoms. The standard InChI is InChI=1S/C7H18BN3/c1-8-11-7(4-6-10)3-2-5-9/h7,11H,1-6,9-10H2. The molecule has 64 valence electrons. The Morgan fingerprint density at radius 3 is 2.45 bits per heavy atom. The fourth-order valence-corrected chi connectivity index (χ4v) is 1.04. The van der Waals surface area contributed by atoms with E-state index in [1.54, 1.807) is 7.06 Å². The third-order valence-electron chi connectivity index (χ3n) is 1.63. The zero-order chi connectivity index (χ0) is 8.53. The van der Waals surface area contributed by atoms with E-state index in [4.69, 9.17) is 11.5 Å². The second-order valence-corrected chi connectivity index (χ2v) is 2.58. The summed E-state index contributed by atoms with van der Waals surface area (Å²) in [5.74, 6) is 0. The number of hydrogen-bond acceptors (Lipinski definition) is 3. The molecule has 0 aromatic rings. The molecule has 0 fully saturated rings. The van der Waals surface area contributed by atoms with E-state index >= 15 is 0 Å². The molecule has 1 atom stereocenters. The van der Waals surface area contributed by atoms with Gasteiger partial charge in [-0.05, 0) is 0 Å². The first-order chi connectivity index (χ1) is 5.35. The SMILES string of the molecule is C=BNC(CCN)CCCN. The maximum atomic E-state index is 5.43. The van der Waals surface area contributed by atoms with Gasteiger partial charge in [0.25, 0.3) is 0 Å². The Morgan fingerprint density at radius 2 is 2.00 bits per heavy atom. The van der Waals surface area contributed by atoms with Crippen molar-refractivity contribution in [1.82, 2.24) is 5.23 Å². The van der Waals surface area contributed by atoms with E-state index in [2.05, 4.69) is 11.7 Å². The third-order valence-corrected chi connectivity index (χ3v) is 1.63. The van der Waals surface area contributed by atoms with Crippen molar-refractivity contribution in [1.29, 1.82) is 0 Å². The molecule has 0 aliphatic rings. The van der Waals surface area contributed by atoms with Crippen LogP contribution in [0.3, 0.4) is 0 Å². The Balaban J connectivity index is 3.41. The summed E-state index contributed by atoms with van der Waals surface area (Å²) in [6.45, 7) is 5.08. The van der Waals surface area contributed by atoms with E-state index in [0.717, 1.165) is 32.4 Å². The Morgan fingerprint density at radius 1 is 1.27 bits per heavy atom. The number of rotatable bonds is 7. The third kappa shape index (κ3) is 6.07. The molecule has 0 aliphatic heterocycles. The molecule has 3 nitrogen and oxygen atoms in total. The minimum absolute atomic E-state index is 0.459. The van der Waals surface area contributed by atoms with Gasteiger partial charge in [-0.1, -0.05) is 0 Å². The molecular weight excluding hydrogens is 137 g/mol. The van der Waals surface area contributed by atoms with Crippen molar-refractivity contribution in [3.8, 4) is 0 Å². The number of hydrogen-bond donors (Lipinski definition) is 3. The summed E-state index contributed by atoms with van der Waals surface area (Å²) in [5.41, 5.74) is 10.8. The first-order valence-electron chi connectivity index (χ1n) is 4.12. The van der Waals surface area contributed by atoms with Crippen LogP contribution in [-0.2, 0) is 0 Å². The first-order valence-corrected chi connectivity index (χ1v) is 4.12. The van der Waals surface area contributed by atoms with Crippen LogP contribution in [0.4, 0.5) is 0 Å². The minimum atomic E-state index is 0.459. The van der Waals surface area contributed by atoms with Crippen molar-refractivity contribution in [3.05, 3.63) is 0 Å². The molecule has 5 N–H and O–H groups in total. The van der Waals surface area contributed by atoms with Gasteiger partial charge < -0.3 is 0 Å². The molecule has 1 unspecified atom stereocenters. The van der Waals surface area contributed by atoms with E-state index in [0.29, 0.717) is 6.04 Å².